The maximum Gasteiger partial charge on any atom is 0.122 e. The largest absolute Gasteiger partial charge is 0.493 e. The molecule has 2 heteroatoms. The lowest BCUT2D eigenvalue weighted by atomic mass is 9.89. The molecule has 1 fully saturated rings. The topological polar surface area (TPSA) is 21.3 Å². The van der Waals surface area contributed by atoms with E-state index in [2.05, 4.69) is 37.4 Å². The minimum Gasteiger partial charge on any atom is -0.493 e. The fourth-order valence-electron chi connectivity index (χ4n) is 3.96. The first-order chi connectivity index (χ1) is 9.81. The zero-order chi connectivity index (χ0) is 13.9. The first kappa shape index (κ1) is 13.9. The zero-order valence-electron chi connectivity index (χ0n) is 12.8. The Bertz CT molecular complexity index is 457. The van der Waals surface area contributed by atoms with Gasteiger partial charge in [-0.15, -0.1) is 0 Å². The summed E-state index contributed by atoms with van der Waals surface area (Å²) in [7, 11) is 0. The summed E-state index contributed by atoms with van der Waals surface area (Å²) in [6.45, 7) is 6.45. The molecule has 0 amide bonds. The molecule has 1 saturated carbocycles. The standard InChI is InChI=1S/C18H27NO/c1-3-13-5-6-15(11-13)18(19-4-2)16-7-8-17-14(12-16)9-10-20-17/h7-8,12-13,15,18-19H,3-6,9-11H2,1-2H3. The van der Waals surface area contributed by atoms with Gasteiger partial charge in [-0.05, 0) is 48.4 Å². The second-order valence-corrected chi connectivity index (χ2v) is 6.35. The van der Waals surface area contributed by atoms with Gasteiger partial charge in [0.25, 0.3) is 0 Å². The van der Waals surface area contributed by atoms with Crippen LogP contribution in [0.15, 0.2) is 18.2 Å². The fraction of sp³-hybridized carbons (Fsp3) is 0.667. The molecular formula is C18H27NO. The zero-order valence-corrected chi connectivity index (χ0v) is 12.8. The van der Waals surface area contributed by atoms with Crippen molar-refractivity contribution in [3.63, 3.8) is 0 Å². The van der Waals surface area contributed by atoms with E-state index in [1.807, 2.05) is 0 Å². The van der Waals surface area contributed by atoms with Gasteiger partial charge in [0, 0.05) is 12.5 Å². The Kier molecular flexibility index (Phi) is 4.30. The molecule has 1 heterocycles. The van der Waals surface area contributed by atoms with E-state index in [0.29, 0.717) is 6.04 Å². The Morgan fingerprint density at radius 1 is 1.30 bits per heavy atom. The van der Waals surface area contributed by atoms with Gasteiger partial charge >= 0.3 is 0 Å². The highest BCUT2D eigenvalue weighted by molar-refractivity contribution is 5.41. The quantitative estimate of drug-likeness (QED) is 0.872. The predicted octanol–water partition coefficient (Wildman–Crippen LogP) is 4.10. The number of rotatable bonds is 5. The van der Waals surface area contributed by atoms with E-state index in [4.69, 9.17) is 4.74 Å². The molecular weight excluding hydrogens is 246 g/mol. The van der Waals surface area contributed by atoms with E-state index >= 15 is 0 Å². The summed E-state index contributed by atoms with van der Waals surface area (Å²) >= 11 is 0. The molecule has 110 valence electrons. The van der Waals surface area contributed by atoms with E-state index in [9.17, 15) is 0 Å². The number of ether oxygens (including phenoxy) is 1. The molecule has 3 atom stereocenters. The Labute approximate surface area is 122 Å². The molecule has 3 unspecified atom stereocenters. The molecule has 0 radical (unpaired) electrons. The minimum absolute atomic E-state index is 0.530. The number of hydrogen-bond acceptors (Lipinski definition) is 2. The van der Waals surface area contributed by atoms with Crippen molar-refractivity contribution in [1.82, 2.24) is 5.32 Å². The third-order valence-electron chi connectivity index (χ3n) is 5.13. The first-order valence-corrected chi connectivity index (χ1v) is 8.30. The van der Waals surface area contributed by atoms with Crippen LogP contribution < -0.4 is 10.1 Å². The molecule has 0 bridgehead atoms. The van der Waals surface area contributed by atoms with Crippen LogP contribution in [0.25, 0.3) is 0 Å². The Balaban J connectivity index is 1.79. The van der Waals surface area contributed by atoms with E-state index in [0.717, 1.165) is 37.2 Å². The molecule has 1 aromatic rings. The summed E-state index contributed by atoms with van der Waals surface area (Å²) in [5.74, 6) is 2.85. The lowest BCUT2D eigenvalue weighted by Crippen LogP contribution is -2.27. The number of benzene rings is 1. The van der Waals surface area contributed by atoms with Crippen molar-refractivity contribution in [1.29, 1.82) is 0 Å². The van der Waals surface area contributed by atoms with Crippen LogP contribution in [0.3, 0.4) is 0 Å². The third-order valence-corrected chi connectivity index (χ3v) is 5.13. The van der Waals surface area contributed by atoms with Crippen LogP contribution >= 0.6 is 0 Å². The molecule has 3 rings (SSSR count). The van der Waals surface area contributed by atoms with Gasteiger partial charge in [0.15, 0.2) is 0 Å². The monoisotopic (exact) mass is 273 g/mol. The Morgan fingerprint density at radius 2 is 2.20 bits per heavy atom. The number of hydrogen-bond donors (Lipinski definition) is 1. The van der Waals surface area contributed by atoms with Crippen molar-refractivity contribution in [2.24, 2.45) is 11.8 Å². The van der Waals surface area contributed by atoms with Crippen molar-refractivity contribution in [3.05, 3.63) is 29.3 Å². The summed E-state index contributed by atoms with van der Waals surface area (Å²) < 4.78 is 5.63. The fourth-order valence-corrected chi connectivity index (χ4v) is 3.96. The van der Waals surface area contributed by atoms with Gasteiger partial charge in [0.1, 0.15) is 5.75 Å². The highest BCUT2D eigenvalue weighted by Crippen LogP contribution is 2.41. The molecule has 2 nitrogen and oxygen atoms in total. The van der Waals surface area contributed by atoms with E-state index in [1.54, 1.807) is 0 Å². The van der Waals surface area contributed by atoms with Crippen LogP contribution in [0.5, 0.6) is 5.75 Å². The second kappa shape index (κ2) is 6.17. The summed E-state index contributed by atoms with van der Waals surface area (Å²) in [5, 5.41) is 3.74. The molecule has 20 heavy (non-hydrogen) atoms. The summed E-state index contributed by atoms with van der Waals surface area (Å²) in [6.07, 6.45) is 6.60. The molecule has 1 aromatic carbocycles. The molecule has 0 spiro atoms. The minimum atomic E-state index is 0.530. The van der Waals surface area contributed by atoms with Crippen LogP contribution in [0.1, 0.15) is 56.7 Å². The average Bonchev–Trinajstić information content (AvgIpc) is 3.12. The van der Waals surface area contributed by atoms with Crippen LogP contribution in [0, 0.1) is 11.8 Å². The van der Waals surface area contributed by atoms with Gasteiger partial charge < -0.3 is 10.1 Å². The molecule has 0 aromatic heterocycles. The van der Waals surface area contributed by atoms with Crippen molar-refractivity contribution in [2.45, 2.75) is 52.0 Å². The van der Waals surface area contributed by atoms with Crippen molar-refractivity contribution in [2.75, 3.05) is 13.2 Å². The molecule has 0 saturated heterocycles. The summed E-state index contributed by atoms with van der Waals surface area (Å²) in [6, 6.07) is 7.36. The number of nitrogens with one attached hydrogen (secondary N) is 1. The van der Waals surface area contributed by atoms with Crippen molar-refractivity contribution in [3.8, 4) is 5.75 Å². The SMILES string of the molecule is CCNC(c1ccc2c(c1)CCO2)C1CCC(CC)C1. The van der Waals surface area contributed by atoms with Gasteiger partial charge in [-0.2, -0.15) is 0 Å². The molecule has 1 N–H and O–H groups in total. The lowest BCUT2D eigenvalue weighted by Gasteiger charge is -2.25. The van der Waals surface area contributed by atoms with Crippen LogP contribution in [0.4, 0.5) is 0 Å². The maximum absolute atomic E-state index is 5.63. The van der Waals surface area contributed by atoms with Gasteiger partial charge in [-0.1, -0.05) is 38.8 Å². The van der Waals surface area contributed by atoms with E-state index < -0.39 is 0 Å². The molecule has 1 aliphatic carbocycles. The summed E-state index contributed by atoms with van der Waals surface area (Å²) in [4.78, 5) is 0. The van der Waals surface area contributed by atoms with E-state index in [-0.39, 0.29) is 0 Å². The van der Waals surface area contributed by atoms with Gasteiger partial charge in [0.2, 0.25) is 0 Å². The van der Waals surface area contributed by atoms with Gasteiger partial charge in [-0.25, -0.2) is 0 Å². The van der Waals surface area contributed by atoms with Crippen LogP contribution in [-0.2, 0) is 6.42 Å². The van der Waals surface area contributed by atoms with Crippen molar-refractivity contribution < 1.29 is 4.74 Å². The van der Waals surface area contributed by atoms with Gasteiger partial charge in [-0.3, -0.25) is 0 Å². The highest BCUT2D eigenvalue weighted by Gasteiger charge is 2.31. The lowest BCUT2D eigenvalue weighted by molar-refractivity contribution is 0.354. The highest BCUT2D eigenvalue weighted by atomic mass is 16.5. The Hall–Kier alpha value is -1.02. The van der Waals surface area contributed by atoms with Crippen LogP contribution in [-0.4, -0.2) is 13.2 Å². The normalized spacial score (nSPS) is 26.3. The molecule has 1 aliphatic heterocycles. The average molecular weight is 273 g/mol. The third kappa shape index (κ3) is 2.71. The second-order valence-electron chi connectivity index (χ2n) is 6.35. The van der Waals surface area contributed by atoms with Crippen LogP contribution in [0.2, 0.25) is 0 Å². The smallest absolute Gasteiger partial charge is 0.122 e. The molecule has 2 aliphatic rings. The van der Waals surface area contributed by atoms with Crippen molar-refractivity contribution >= 4 is 0 Å². The van der Waals surface area contributed by atoms with Gasteiger partial charge in [0.05, 0.1) is 6.61 Å². The van der Waals surface area contributed by atoms with E-state index in [1.165, 1.54) is 36.8 Å². The predicted molar refractivity (Wildman–Crippen MR) is 83.2 cm³/mol. The maximum atomic E-state index is 5.63. The number of fused-ring (bicyclic) bond motifs is 1. The Morgan fingerprint density at radius 3 is 2.95 bits per heavy atom. The summed E-state index contributed by atoms with van der Waals surface area (Å²) in [5.41, 5.74) is 2.87. The first-order valence-electron chi connectivity index (χ1n) is 8.30.